The summed E-state index contributed by atoms with van der Waals surface area (Å²) in [4.78, 5) is 14.2. The van der Waals surface area contributed by atoms with Gasteiger partial charge in [0.25, 0.3) is 0 Å². The number of aryl methyl sites for hydroxylation is 1. The van der Waals surface area contributed by atoms with Crippen molar-refractivity contribution in [3.63, 3.8) is 0 Å². The molecule has 0 bridgehead atoms. The molecule has 1 aromatic heterocycles. The summed E-state index contributed by atoms with van der Waals surface area (Å²) in [6, 6.07) is 2.04. The highest BCUT2D eigenvalue weighted by molar-refractivity contribution is 5.91. The highest BCUT2D eigenvalue weighted by Gasteiger charge is 2.29. The van der Waals surface area contributed by atoms with E-state index >= 15 is 0 Å². The fourth-order valence-electron chi connectivity index (χ4n) is 2.68. The fourth-order valence-corrected chi connectivity index (χ4v) is 2.68. The van der Waals surface area contributed by atoms with E-state index in [1.807, 2.05) is 24.1 Å². The van der Waals surface area contributed by atoms with Crippen LogP contribution in [0.25, 0.3) is 6.08 Å². The number of aromatic nitrogens is 2. The molecule has 2 heterocycles. The Bertz CT molecular complexity index is 466. The molecule has 2 atom stereocenters. The molecule has 0 aromatic carbocycles. The second-order valence-corrected chi connectivity index (χ2v) is 5.17. The zero-order chi connectivity index (χ0) is 13.8. The van der Waals surface area contributed by atoms with Gasteiger partial charge in [0.15, 0.2) is 0 Å². The van der Waals surface area contributed by atoms with Crippen LogP contribution in [0.15, 0.2) is 18.3 Å². The Labute approximate surface area is 114 Å². The first-order valence-corrected chi connectivity index (χ1v) is 6.80. The van der Waals surface area contributed by atoms with Crippen molar-refractivity contribution in [2.75, 3.05) is 13.1 Å². The number of amides is 1. The molecule has 104 valence electrons. The molecule has 1 aliphatic rings. The van der Waals surface area contributed by atoms with E-state index in [-0.39, 0.29) is 11.9 Å². The highest BCUT2D eigenvalue weighted by atomic mass is 16.2. The molecule has 5 heteroatoms. The van der Waals surface area contributed by atoms with Crippen LogP contribution < -0.4 is 5.73 Å². The molecular weight excluding hydrogens is 240 g/mol. The van der Waals surface area contributed by atoms with Crippen LogP contribution in [0.5, 0.6) is 0 Å². The quantitative estimate of drug-likeness (QED) is 0.827. The Morgan fingerprint density at radius 2 is 2.42 bits per heavy atom. The van der Waals surface area contributed by atoms with Crippen molar-refractivity contribution in [2.45, 2.75) is 25.8 Å². The summed E-state index contributed by atoms with van der Waals surface area (Å²) in [5.41, 5.74) is 6.72. The van der Waals surface area contributed by atoms with E-state index in [1.54, 1.807) is 17.0 Å². The van der Waals surface area contributed by atoms with Crippen LogP contribution in [-0.2, 0) is 11.8 Å². The van der Waals surface area contributed by atoms with Crippen molar-refractivity contribution in [1.82, 2.24) is 14.7 Å². The van der Waals surface area contributed by atoms with Gasteiger partial charge in [-0.1, -0.05) is 6.92 Å². The van der Waals surface area contributed by atoms with Gasteiger partial charge in [-0.2, -0.15) is 5.10 Å². The highest BCUT2D eigenvalue weighted by Crippen LogP contribution is 2.22. The van der Waals surface area contributed by atoms with Gasteiger partial charge in [-0.15, -0.1) is 0 Å². The number of nitrogens with zero attached hydrogens (tertiary/aromatic N) is 3. The maximum Gasteiger partial charge on any atom is 0.246 e. The van der Waals surface area contributed by atoms with Gasteiger partial charge < -0.3 is 10.6 Å². The van der Waals surface area contributed by atoms with E-state index in [0.29, 0.717) is 12.5 Å². The minimum atomic E-state index is 0.0446. The maximum atomic E-state index is 12.3. The Balaban J connectivity index is 2.06. The number of likely N-dealkylation sites (tertiary alicyclic amines) is 1. The molecule has 2 unspecified atom stereocenters. The monoisotopic (exact) mass is 262 g/mol. The van der Waals surface area contributed by atoms with Crippen LogP contribution in [0.3, 0.4) is 0 Å². The van der Waals surface area contributed by atoms with Crippen LogP contribution in [0, 0.1) is 5.92 Å². The predicted molar refractivity (Wildman–Crippen MR) is 75.2 cm³/mol. The van der Waals surface area contributed by atoms with Crippen LogP contribution in [0.4, 0.5) is 0 Å². The second kappa shape index (κ2) is 6.02. The van der Waals surface area contributed by atoms with Crippen molar-refractivity contribution in [3.8, 4) is 0 Å². The second-order valence-electron chi connectivity index (χ2n) is 5.17. The van der Waals surface area contributed by atoms with E-state index in [2.05, 4.69) is 12.0 Å². The molecule has 5 nitrogen and oxygen atoms in total. The van der Waals surface area contributed by atoms with Gasteiger partial charge in [0, 0.05) is 38.5 Å². The van der Waals surface area contributed by atoms with Crippen LogP contribution in [0.2, 0.25) is 0 Å². The van der Waals surface area contributed by atoms with E-state index < -0.39 is 0 Å². The SMILES string of the molecule is CC1CCCN(C(=O)C=Cc2ccnn2C)C1CN. The van der Waals surface area contributed by atoms with E-state index in [1.165, 1.54) is 0 Å². The van der Waals surface area contributed by atoms with Gasteiger partial charge in [0.05, 0.1) is 5.69 Å². The van der Waals surface area contributed by atoms with Gasteiger partial charge in [-0.25, -0.2) is 0 Å². The van der Waals surface area contributed by atoms with Crippen molar-refractivity contribution in [3.05, 3.63) is 24.0 Å². The van der Waals surface area contributed by atoms with Gasteiger partial charge in [0.2, 0.25) is 5.91 Å². The summed E-state index contributed by atoms with van der Waals surface area (Å²) >= 11 is 0. The molecule has 1 amide bonds. The molecule has 19 heavy (non-hydrogen) atoms. The van der Waals surface area contributed by atoms with Crippen molar-refractivity contribution in [1.29, 1.82) is 0 Å². The third kappa shape index (κ3) is 3.04. The number of carbonyl (C=O) groups excluding carboxylic acids is 1. The Kier molecular flexibility index (Phi) is 4.37. The van der Waals surface area contributed by atoms with E-state index in [9.17, 15) is 4.79 Å². The van der Waals surface area contributed by atoms with E-state index in [0.717, 1.165) is 25.1 Å². The Hall–Kier alpha value is -1.62. The average molecular weight is 262 g/mol. The minimum Gasteiger partial charge on any atom is -0.335 e. The first-order chi connectivity index (χ1) is 9.13. The normalized spacial score (nSPS) is 24.1. The van der Waals surface area contributed by atoms with Crippen molar-refractivity contribution < 1.29 is 4.79 Å². The molecule has 1 saturated heterocycles. The lowest BCUT2D eigenvalue weighted by Crippen LogP contribution is -2.50. The number of nitrogens with two attached hydrogens (primary N) is 1. The lowest BCUT2D eigenvalue weighted by molar-refractivity contribution is -0.130. The summed E-state index contributed by atoms with van der Waals surface area (Å²) in [6.07, 6.45) is 7.36. The summed E-state index contributed by atoms with van der Waals surface area (Å²) in [6.45, 7) is 3.51. The van der Waals surface area contributed by atoms with Gasteiger partial charge in [-0.3, -0.25) is 9.48 Å². The average Bonchev–Trinajstić information content (AvgIpc) is 2.81. The standard InChI is InChI=1S/C14H22N4O/c1-11-4-3-9-18(13(11)10-15)14(19)6-5-12-7-8-16-17(12)2/h5-8,11,13H,3-4,9-10,15H2,1-2H3. The fraction of sp³-hybridized carbons (Fsp3) is 0.571. The third-order valence-electron chi connectivity index (χ3n) is 3.90. The van der Waals surface area contributed by atoms with Crippen LogP contribution >= 0.6 is 0 Å². The molecule has 0 spiro atoms. The van der Waals surface area contributed by atoms with E-state index in [4.69, 9.17) is 5.73 Å². The third-order valence-corrected chi connectivity index (χ3v) is 3.90. The number of carbonyl (C=O) groups is 1. The zero-order valence-corrected chi connectivity index (χ0v) is 11.6. The Morgan fingerprint density at radius 1 is 1.63 bits per heavy atom. The number of piperidine rings is 1. The topological polar surface area (TPSA) is 64.2 Å². The minimum absolute atomic E-state index is 0.0446. The maximum absolute atomic E-state index is 12.3. The van der Waals surface area contributed by atoms with Crippen LogP contribution in [0.1, 0.15) is 25.5 Å². The van der Waals surface area contributed by atoms with Gasteiger partial charge >= 0.3 is 0 Å². The summed E-state index contributed by atoms with van der Waals surface area (Å²) in [5.74, 6) is 0.524. The molecule has 0 saturated carbocycles. The van der Waals surface area contributed by atoms with Gasteiger partial charge in [-0.05, 0) is 30.9 Å². The smallest absolute Gasteiger partial charge is 0.246 e. The Morgan fingerprint density at radius 3 is 3.05 bits per heavy atom. The summed E-state index contributed by atoms with van der Waals surface area (Å²) < 4.78 is 1.74. The van der Waals surface area contributed by atoms with Crippen molar-refractivity contribution in [2.24, 2.45) is 18.7 Å². The van der Waals surface area contributed by atoms with Crippen molar-refractivity contribution >= 4 is 12.0 Å². The first-order valence-electron chi connectivity index (χ1n) is 6.80. The summed E-state index contributed by atoms with van der Waals surface area (Å²) in [5, 5.41) is 4.07. The van der Waals surface area contributed by atoms with Gasteiger partial charge in [0.1, 0.15) is 0 Å². The summed E-state index contributed by atoms with van der Waals surface area (Å²) in [7, 11) is 1.86. The number of rotatable bonds is 3. The zero-order valence-electron chi connectivity index (χ0n) is 11.6. The number of hydrogen-bond donors (Lipinski definition) is 1. The van der Waals surface area contributed by atoms with Crippen LogP contribution in [-0.4, -0.2) is 39.7 Å². The predicted octanol–water partition coefficient (Wildman–Crippen LogP) is 1.02. The first kappa shape index (κ1) is 13.8. The molecular formula is C14H22N4O. The lowest BCUT2D eigenvalue weighted by Gasteiger charge is -2.38. The molecule has 1 aliphatic heterocycles. The molecule has 2 rings (SSSR count). The molecule has 0 radical (unpaired) electrons. The molecule has 1 fully saturated rings. The lowest BCUT2D eigenvalue weighted by atomic mass is 9.90. The largest absolute Gasteiger partial charge is 0.335 e. The molecule has 0 aliphatic carbocycles. The number of hydrogen-bond acceptors (Lipinski definition) is 3. The molecule has 2 N–H and O–H groups in total. The molecule has 1 aromatic rings.